The lowest BCUT2D eigenvalue weighted by molar-refractivity contribution is 0.102. The first kappa shape index (κ1) is 13.8. The van der Waals surface area contributed by atoms with Crippen molar-refractivity contribution in [2.75, 3.05) is 5.32 Å². The largest absolute Gasteiger partial charge is 0.298 e. The molecule has 0 aliphatic rings. The summed E-state index contributed by atoms with van der Waals surface area (Å²) in [5.74, 6) is -0.665. The molecule has 5 heteroatoms. The minimum Gasteiger partial charge on any atom is -0.298 e. The molecule has 0 fully saturated rings. The number of anilines is 1. The lowest BCUT2D eigenvalue weighted by atomic mass is 10.1. The van der Waals surface area contributed by atoms with Gasteiger partial charge in [0, 0.05) is 10.9 Å². The summed E-state index contributed by atoms with van der Waals surface area (Å²) in [6.45, 7) is 0. The number of benzene rings is 3. The highest BCUT2D eigenvalue weighted by atomic mass is 32.1. The molecule has 0 unspecified atom stereocenters. The van der Waals surface area contributed by atoms with E-state index in [-0.39, 0.29) is 11.7 Å². The van der Waals surface area contributed by atoms with Crippen LogP contribution in [0.5, 0.6) is 0 Å². The van der Waals surface area contributed by atoms with Crippen molar-refractivity contribution in [3.8, 4) is 0 Å². The molecule has 3 aromatic carbocycles. The molecule has 1 N–H and O–H groups in total. The van der Waals surface area contributed by atoms with Crippen molar-refractivity contribution in [2.24, 2.45) is 0 Å². The van der Waals surface area contributed by atoms with Crippen molar-refractivity contribution in [2.45, 2.75) is 0 Å². The summed E-state index contributed by atoms with van der Waals surface area (Å²) in [5.41, 5.74) is 1.25. The second kappa shape index (κ2) is 5.44. The van der Waals surface area contributed by atoms with E-state index in [0.717, 1.165) is 21.0 Å². The third kappa shape index (κ3) is 2.55. The fourth-order valence-corrected chi connectivity index (χ4v) is 3.47. The summed E-state index contributed by atoms with van der Waals surface area (Å²) in [6, 6.07) is 17.5. The van der Waals surface area contributed by atoms with Gasteiger partial charge in [-0.3, -0.25) is 10.1 Å². The van der Waals surface area contributed by atoms with Crippen molar-refractivity contribution < 1.29 is 9.18 Å². The minimum atomic E-state index is -0.368. The van der Waals surface area contributed by atoms with Crippen molar-refractivity contribution in [1.29, 1.82) is 0 Å². The highest BCUT2D eigenvalue weighted by Gasteiger charge is 2.11. The van der Waals surface area contributed by atoms with Crippen molar-refractivity contribution in [3.63, 3.8) is 0 Å². The van der Waals surface area contributed by atoms with Gasteiger partial charge < -0.3 is 0 Å². The second-order valence-electron chi connectivity index (χ2n) is 5.11. The lowest BCUT2D eigenvalue weighted by Gasteiger charge is -2.00. The van der Waals surface area contributed by atoms with E-state index in [1.54, 1.807) is 0 Å². The molecule has 0 saturated heterocycles. The minimum absolute atomic E-state index is 0.298. The zero-order valence-corrected chi connectivity index (χ0v) is 12.7. The Hall–Kier alpha value is -2.79. The van der Waals surface area contributed by atoms with E-state index >= 15 is 0 Å². The SMILES string of the molecule is O=C(Nc1nc2ccc3ccccc3c2s1)c1ccc(F)cc1. The number of rotatable bonds is 2. The Labute approximate surface area is 135 Å². The van der Waals surface area contributed by atoms with Crippen LogP contribution in [-0.2, 0) is 0 Å². The number of carbonyl (C=O) groups is 1. The van der Waals surface area contributed by atoms with Gasteiger partial charge in [-0.1, -0.05) is 41.7 Å². The lowest BCUT2D eigenvalue weighted by Crippen LogP contribution is -2.11. The molecule has 0 aliphatic heterocycles. The maximum absolute atomic E-state index is 12.9. The normalized spacial score (nSPS) is 11.0. The van der Waals surface area contributed by atoms with Crippen LogP contribution in [0.3, 0.4) is 0 Å². The second-order valence-corrected chi connectivity index (χ2v) is 6.11. The number of nitrogens with one attached hydrogen (secondary N) is 1. The molecule has 1 heterocycles. The Morgan fingerprint density at radius 3 is 2.61 bits per heavy atom. The van der Waals surface area contributed by atoms with Gasteiger partial charge in [-0.05, 0) is 35.7 Å². The summed E-state index contributed by atoms with van der Waals surface area (Å²) < 4.78 is 14.0. The van der Waals surface area contributed by atoms with Gasteiger partial charge in [-0.15, -0.1) is 0 Å². The van der Waals surface area contributed by atoms with Crippen LogP contribution in [0.15, 0.2) is 60.7 Å². The van der Waals surface area contributed by atoms with E-state index in [1.165, 1.54) is 35.6 Å². The maximum atomic E-state index is 12.9. The van der Waals surface area contributed by atoms with Crippen LogP contribution >= 0.6 is 11.3 Å². The van der Waals surface area contributed by atoms with E-state index in [1.807, 2.05) is 36.4 Å². The number of nitrogens with zero attached hydrogens (tertiary/aromatic N) is 1. The standard InChI is InChI=1S/C18H11FN2OS/c19-13-8-5-12(6-9-13)17(22)21-18-20-15-10-7-11-3-1-2-4-14(11)16(15)23-18/h1-10H,(H,20,21,22). The molecule has 0 saturated carbocycles. The first-order chi connectivity index (χ1) is 11.2. The van der Waals surface area contributed by atoms with Gasteiger partial charge in [0.25, 0.3) is 5.91 Å². The highest BCUT2D eigenvalue weighted by molar-refractivity contribution is 7.23. The average molecular weight is 322 g/mol. The molecule has 0 bridgehead atoms. The monoisotopic (exact) mass is 322 g/mol. The number of carbonyl (C=O) groups excluding carboxylic acids is 1. The number of hydrogen-bond acceptors (Lipinski definition) is 3. The fraction of sp³-hybridized carbons (Fsp3) is 0. The summed E-state index contributed by atoms with van der Waals surface area (Å²) >= 11 is 1.44. The van der Waals surface area contributed by atoms with Gasteiger partial charge in [-0.25, -0.2) is 9.37 Å². The molecule has 0 atom stereocenters. The number of fused-ring (bicyclic) bond motifs is 3. The van der Waals surface area contributed by atoms with Crippen LogP contribution < -0.4 is 5.32 Å². The molecular weight excluding hydrogens is 311 g/mol. The molecule has 23 heavy (non-hydrogen) atoms. The van der Waals surface area contributed by atoms with Gasteiger partial charge in [0.15, 0.2) is 5.13 Å². The van der Waals surface area contributed by atoms with Crippen LogP contribution in [0.4, 0.5) is 9.52 Å². The summed E-state index contributed by atoms with van der Waals surface area (Å²) in [4.78, 5) is 16.7. The number of hydrogen-bond donors (Lipinski definition) is 1. The number of halogens is 1. The van der Waals surface area contributed by atoms with E-state index in [2.05, 4.69) is 10.3 Å². The molecule has 0 radical (unpaired) electrons. The summed E-state index contributed by atoms with van der Waals surface area (Å²) in [7, 11) is 0. The van der Waals surface area contributed by atoms with Crippen LogP contribution in [0.2, 0.25) is 0 Å². The van der Waals surface area contributed by atoms with E-state index < -0.39 is 0 Å². The molecule has 0 aliphatic carbocycles. The predicted octanol–water partition coefficient (Wildman–Crippen LogP) is 4.84. The van der Waals surface area contributed by atoms with Crippen LogP contribution in [0.25, 0.3) is 21.0 Å². The number of thiazole rings is 1. The Kier molecular flexibility index (Phi) is 3.28. The molecule has 3 nitrogen and oxygen atoms in total. The van der Waals surface area contributed by atoms with Gasteiger partial charge in [0.1, 0.15) is 5.82 Å². The first-order valence-corrected chi connectivity index (χ1v) is 7.87. The molecule has 4 aromatic rings. The van der Waals surface area contributed by atoms with Crippen LogP contribution in [0.1, 0.15) is 10.4 Å². The Morgan fingerprint density at radius 1 is 1.00 bits per heavy atom. The first-order valence-electron chi connectivity index (χ1n) is 7.06. The van der Waals surface area contributed by atoms with Crippen LogP contribution in [-0.4, -0.2) is 10.9 Å². The van der Waals surface area contributed by atoms with Crippen LogP contribution in [0, 0.1) is 5.82 Å². The van der Waals surface area contributed by atoms with Gasteiger partial charge in [0.05, 0.1) is 10.2 Å². The van der Waals surface area contributed by atoms with E-state index in [0.29, 0.717) is 10.7 Å². The Bertz CT molecular complexity index is 1020. The zero-order chi connectivity index (χ0) is 15.8. The Balaban J connectivity index is 1.70. The van der Waals surface area contributed by atoms with Crippen molar-refractivity contribution in [3.05, 3.63) is 72.0 Å². The fourth-order valence-electron chi connectivity index (χ4n) is 2.48. The van der Waals surface area contributed by atoms with E-state index in [4.69, 9.17) is 0 Å². The quantitative estimate of drug-likeness (QED) is 0.574. The topological polar surface area (TPSA) is 42.0 Å². The van der Waals surface area contributed by atoms with Gasteiger partial charge >= 0.3 is 0 Å². The smallest absolute Gasteiger partial charge is 0.257 e. The molecule has 1 amide bonds. The highest BCUT2D eigenvalue weighted by Crippen LogP contribution is 2.32. The molecule has 4 rings (SSSR count). The maximum Gasteiger partial charge on any atom is 0.257 e. The summed E-state index contributed by atoms with van der Waals surface area (Å²) in [5, 5.41) is 5.57. The average Bonchev–Trinajstić information content (AvgIpc) is 2.98. The molecule has 112 valence electrons. The number of aromatic nitrogens is 1. The zero-order valence-electron chi connectivity index (χ0n) is 11.9. The van der Waals surface area contributed by atoms with E-state index in [9.17, 15) is 9.18 Å². The predicted molar refractivity (Wildman–Crippen MR) is 91.5 cm³/mol. The third-order valence-corrected chi connectivity index (χ3v) is 4.63. The van der Waals surface area contributed by atoms with Crippen molar-refractivity contribution in [1.82, 2.24) is 4.98 Å². The molecule has 0 spiro atoms. The van der Waals surface area contributed by atoms with Gasteiger partial charge in [-0.2, -0.15) is 0 Å². The number of amides is 1. The molecule has 1 aromatic heterocycles. The molecular formula is C18H11FN2OS. The van der Waals surface area contributed by atoms with Crippen molar-refractivity contribution >= 4 is 43.4 Å². The van der Waals surface area contributed by atoms with Gasteiger partial charge in [0.2, 0.25) is 0 Å². The summed E-state index contributed by atoms with van der Waals surface area (Å²) in [6.07, 6.45) is 0. The third-order valence-electron chi connectivity index (χ3n) is 3.61. The Morgan fingerprint density at radius 2 is 1.78 bits per heavy atom.